The van der Waals surface area contributed by atoms with Crippen LogP contribution in [0.3, 0.4) is 0 Å². The fraction of sp³-hybridized carbons (Fsp3) is 0.900. The van der Waals surface area contributed by atoms with Crippen molar-refractivity contribution in [3.05, 3.63) is 0 Å². The zero-order chi connectivity index (χ0) is 11.0. The highest BCUT2D eigenvalue weighted by molar-refractivity contribution is 7.80. The Morgan fingerprint density at radius 3 is 2.57 bits per heavy atom. The Labute approximate surface area is 92.6 Å². The smallest absolute Gasteiger partial charge is 0.0768 e. The summed E-state index contributed by atoms with van der Waals surface area (Å²) in [6, 6.07) is 0. The molecule has 4 heteroatoms. The van der Waals surface area contributed by atoms with Crippen LogP contribution >= 0.6 is 12.2 Å². The fourth-order valence-corrected chi connectivity index (χ4v) is 1.27. The lowest BCUT2D eigenvalue weighted by molar-refractivity contribution is 0.113. The highest BCUT2D eigenvalue weighted by Crippen LogP contribution is 2.00. The molecule has 0 spiro atoms. The van der Waals surface area contributed by atoms with E-state index in [9.17, 15) is 0 Å². The van der Waals surface area contributed by atoms with Crippen molar-refractivity contribution in [3.63, 3.8) is 0 Å². The van der Waals surface area contributed by atoms with Crippen LogP contribution in [0.5, 0.6) is 0 Å². The largest absolute Gasteiger partial charge is 0.393 e. The van der Waals surface area contributed by atoms with Crippen LogP contribution < -0.4 is 5.73 Å². The molecule has 0 aliphatic rings. The lowest BCUT2D eigenvalue weighted by Crippen LogP contribution is -2.35. The van der Waals surface area contributed by atoms with E-state index in [1.54, 1.807) is 0 Å². The van der Waals surface area contributed by atoms with Crippen LogP contribution in [-0.4, -0.2) is 42.7 Å². The van der Waals surface area contributed by atoms with E-state index in [0.717, 1.165) is 32.8 Å². The molecule has 0 aliphatic heterocycles. The molecule has 0 fully saturated rings. The van der Waals surface area contributed by atoms with E-state index >= 15 is 0 Å². The average Bonchev–Trinajstić information content (AvgIpc) is 2.16. The molecule has 0 aromatic heterocycles. The number of nitrogens with two attached hydrogens (primary N) is 1. The summed E-state index contributed by atoms with van der Waals surface area (Å²) in [4.78, 5) is 2.90. The van der Waals surface area contributed by atoms with Crippen LogP contribution in [0.15, 0.2) is 0 Å². The molecule has 3 nitrogen and oxygen atoms in total. The van der Waals surface area contributed by atoms with E-state index < -0.39 is 0 Å². The summed E-state index contributed by atoms with van der Waals surface area (Å²) >= 11 is 4.94. The number of ether oxygens (including phenoxy) is 1. The number of thiocarbonyl (C=S) groups is 1. The highest BCUT2D eigenvalue weighted by atomic mass is 32.1. The van der Waals surface area contributed by atoms with E-state index in [1.165, 1.54) is 0 Å². The fourth-order valence-electron chi connectivity index (χ4n) is 1.19. The van der Waals surface area contributed by atoms with Crippen molar-refractivity contribution in [1.29, 1.82) is 0 Å². The second-order valence-corrected chi connectivity index (χ2v) is 3.86. The SMILES string of the molecule is CCOCCN(CC)CC(C)C(N)=S. The Morgan fingerprint density at radius 2 is 2.14 bits per heavy atom. The molecular weight excluding hydrogens is 196 g/mol. The van der Waals surface area contributed by atoms with Gasteiger partial charge in [0.1, 0.15) is 0 Å². The third-order valence-corrected chi connectivity index (χ3v) is 2.62. The summed E-state index contributed by atoms with van der Waals surface area (Å²) in [5.41, 5.74) is 5.57. The predicted octanol–water partition coefficient (Wildman–Crippen LogP) is 1.27. The molecule has 0 aromatic carbocycles. The molecule has 0 saturated heterocycles. The molecule has 0 aliphatic carbocycles. The quantitative estimate of drug-likeness (QED) is 0.492. The van der Waals surface area contributed by atoms with Crippen LogP contribution in [0.4, 0.5) is 0 Å². The van der Waals surface area contributed by atoms with Crippen molar-refractivity contribution in [2.24, 2.45) is 11.7 Å². The van der Waals surface area contributed by atoms with E-state index in [4.69, 9.17) is 22.7 Å². The maximum atomic E-state index is 5.57. The van der Waals surface area contributed by atoms with Gasteiger partial charge in [-0.1, -0.05) is 26.1 Å². The average molecular weight is 218 g/mol. The number of nitrogens with zero attached hydrogens (tertiary/aromatic N) is 1. The first-order valence-electron chi connectivity index (χ1n) is 5.21. The van der Waals surface area contributed by atoms with Gasteiger partial charge in [-0.3, -0.25) is 0 Å². The normalized spacial score (nSPS) is 13.1. The first kappa shape index (κ1) is 13.8. The van der Waals surface area contributed by atoms with Gasteiger partial charge in [-0.05, 0) is 13.5 Å². The predicted molar refractivity (Wildman–Crippen MR) is 64.6 cm³/mol. The minimum Gasteiger partial charge on any atom is -0.393 e. The monoisotopic (exact) mass is 218 g/mol. The van der Waals surface area contributed by atoms with Gasteiger partial charge < -0.3 is 15.4 Å². The third kappa shape index (κ3) is 6.29. The standard InChI is InChI=1S/C10H22N2OS/c1-4-12(6-7-13-5-2)8-9(3)10(11)14/h9H,4-8H2,1-3H3,(H2,11,14). The van der Waals surface area contributed by atoms with E-state index in [0.29, 0.717) is 4.99 Å². The van der Waals surface area contributed by atoms with Crippen molar-refractivity contribution in [1.82, 2.24) is 4.90 Å². The Balaban J connectivity index is 3.72. The Kier molecular flexibility index (Phi) is 8.04. The summed E-state index contributed by atoms with van der Waals surface area (Å²) in [5, 5.41) is 0. The second-order valence-electron chi connectivity index (χ2n) is 3.39. The first-order valence-corrected chi connectivity index (χ1v) is 5.62. The third-order valence-electron chi connectivity index (χ3n) is 2.22. The van der Waals surface area contributed by atoms with Gasteiger partial charge in [-0.2, -0.15) is 0 Å². The van der Waals surface area contributed by atoms with Crippen molar-refractivity contribution in [3.8, 4) is 0 Å². The van der Waals surface area contributed by atoms with Crippen LogP contribution in [0.2, 0.25) is 0 Å². The molecule has 0 aromatic rings. The minimum atomic E-state index is 0.284. The molecular formula is C10H22N2OS. The number of hydrogen-bond acceptors (Lipinski definition) is 3. The van der Waals surface area contributed by atoms with E-state index in [2.05, 4.69) is 18.7 Å². The zero-order valence-electron chi connectivity index (χ0n) is 9.45. The van der Waals surface area contributed by atoms with Crippen molar-refractivity contribution in [2.75, 3.05) is 32.8 Å². The maximum absolute atomic E-state index is 5.57. The topological polar surface area (TPSA) is 38.5 Å². The van der Waals surface area contributed by atoms with Crippen LogP contribution in [-0.2, 0) is 4.74 Å². The molecule has 0 bridgehead atoms. The molecule has 1 unspecified atom stereocenters. The maximum Gasteiger partial charge on any atom is 0.0768 e. The van der Waals surface area contributed by atoms with Crippen molar-refractivity contribution >= 4 is 17.2 Å². The summed E-state index contributed by atoms with van der Waals surface area (Å²) in [7, 11) is 0. The summed E-state index contributed by atoms with van der Waals surface area (Å²) < 4.78 is 5.30. The number of likely N-dealkylation sites (N-methyl/N-ethyl adjacent to an activating group) is 1. The number of rotatable bonds is 8. The number of hydrogen-bond donors (Lipinski definition) is 1. The zero-order valence-corrected chi connectivity index (χ0v) is 10.3. The Morgan fingerprint density at radius 1 is 1.50 bits per heavy atom. The lowest BCUT2D eigenvalue weighted by atomic mass is 10.1. The van der Waals surface area contributed by atoms with Gasteiger partial charge in [0, 0.05) is 25.6 Å². The summed E-state index contributed by atoms with van der Waals surface area (Å²) in [5.74, 6) is 0.284. The van der Waals surface area contributed by atoms with Gasteiger partial charge in [0.2, 0.25) is 0 Å². The van der Waals surface area contributed by atoms with Gasteiger partial charge in [0.05, 0.1) is 11.6 Å². The molecule has 84 valence electrons. The lowest BCUT2D eigenvalue weighted by Gasteiger charge is -2.23. The highest BCUT2D eigenvalue weighted by Gasteiger charge is 2.10. The molecule has 0 radical (unpaired) electrons. The van der Waals surface area contributed by atoms with Crippen molar-refractivity contribution in [2.45, 2.75) is 20.8 Å². The van der Waals surface area contributed by atoms with E-state index in [1.807, 2.05) is 6.92 Å². The van der Waals surface area contributed by atoms with Crippen LogP contribution in [0.1, 0.15) is 20.8 Å². The Bertz CT molecular complexity index is 164. The molecule has 0 saturated carbocycles. The molecule has 14 heavy (non-hydrogen) atoms. The minimum absolute atomic E-state index is 0.284. The molecule has 0 rings (SSSR count). The Hall–Kier alpha value is -0.190. The van der Waals surface area contributed by atoms with Gasteiger partial charge in [-0.15, -0.1) is 0 Å². The molecule has 0 amide bonds. The van der Waals surface area contributed by atoms with Gasteiger partial charge >= 0.3 is 0 Å². The van der Waals surface area contributed by atoms with Crippen molar-refractivity contribution < 1.29 is 4.74 Å². The molecule has 1 atom stereocenters. The van der Waals surface area contributed by atoms with Crippen LogP contribution in [0.25, 0.3) is 0 Å². The molecule has 0 heterocycles. The van der Waals surface area contributed by atoms with Gasteiger partial charge in [0.25, 0.3) is 0 Å². The second kappa shape index (κ2) is 8.15. The molecule has 2 N–H and O–H groups in total. The van der Waals surface area contributed by atoms with Gasteiger partial charge in [0.15, 0.2) is 0 Å². The summed E-state index contributed by atoms with van der Waals surface area (Å²) in [6.07, 6.45) is 0. The van der Waals surface area contributed by atoms with Crippen LogP contribution in [0, 0.1) is 5.92 Å². The first-order chi connectivity index (χ1) is 6.61. The summed E-state index contributed by atoms with van der Waals surface area (Å²) in [6.45, 7) is 10.7. The van der Waals surface area contributed by atoms with E-state index in [-0.39, 0.29) is 5.92 Å². The van der Waals surface area contributed by atoms with Gasteiger partial charge in [-0.25, -0.2) is 0 Å².